The lowest BCUT2D eigenvalue weighted by Gasteiger charge is -2.29. The van der Waals surface area contributed by atoms with Crippen molar-refractivity contribution in [2.45, 2.75) is 0 Å². The normalized spacial score (nSPS) is 18.8. The first-order valence-corrected chi connectivity index (χ1v) is 10.9. The number of nitrogens with one attached hydrogen (secondary N) is 4. The molecule has 0 spiro atoms. The van der Waals surface area contributed by atoms with E-state index in [4.69, 9.17) is 9.72 Å². The van der Waals surface area contributed by atoms with Gasteiger partial charge in [0.2, 0.25) is 5.82 Å². The number of methoxy groups -OCH3 is 1. The summed E-state index contributed by atoms with van der Waals surface area (Å²) in [4.78, 5) is 21.4. The highest BCUT2D eigenvalue weighted by atomic mass is 16.5. The number of piperazine rings is 1. The van der Waals surface area contributed by atoms with Crippen molar-refractivity contribution in [3.05, 3.63) is 54.6 Å². The number of rotatable bonds is 6. The molecule has 1 aliphatic heterocycles. The van der Waals surface area contributed by atoms with Crippen molar-refractivity contribution in [3.8, 4) is 5.75 Å². The Balaban J connectivity index is 1.40. The molecule has 31 heavy (non-hydrogen) atoms. The molecule has 3 aromatic rings. The number of carbonyl (C=O) groups is 1. The molecule has 2 heterocycles. The minimum absolute atomic E-state index is 0.0480. The van der Waals surface area contributed by atoms with Gasteiger partial charge in [-0.05, 0) is 12.1 Å². The highest BCUT2D eigenvalue weighted by molar-refractivity contribution is 6.01. The van der Waals surface area contributed by atoms with Crippen molar-refractivity contribution in [1.82, 2.24) is 4.98 Å². The van der Waals surface area contributed by atoms with Crippen molar-refractivity contribution >= 4 is 34.0 Å². The Hall–Kier alpha value is -3.00. The maximum atomic E-state index is 12.9. The number of anilines is 1. The monoisotopic (exact) mass is 422 g/mol. The standard InChI is InChI=1S/C24H29N5O2/c1-27(2)23-16-20(18-8-4-5-9-19(18)25-23)26-24(30)17-28-12-14-29(15-13-28)21-10-6-7-11-22(21)31-3/h4-11,16H,12-15,17H2,1-3H3,(H,25,26,30)/p+3. The summed E-state index contributed by atoms with van der Waals surface area (Å²) in [6.45, 7) is 4.33. The van der Waals surface area contributed by atoms with Crippen LogP contribution in [0, 0.1) is 0 Å². The van der Waals surface area contributed by atoms with E-state index in [1.54, 1.807) is 7.11 Å². The fourth-order valence-electron chi connectivity index (χ4n) is 4.24. The summed E-state index contributed by atoms with van der Waals surface area (Å²) in [6.07, 6.45) is 0. The smallest absolute Gasteiger partial charge is 0.279 e. The van der Waals surface area contributed by atoms with Gasteiger partial charge in [-0.2, -0.15) is 4.98 Å². The van der Waals surface area contributed by atoms with Crippen LogP contribution in [0.1, 0.15) is 0 Å². The van der Waals surface area contributed by atoms with E-state index < -0.39 is 0 Å². The number of amides is 1. The number of aromatic nitrogens is 1. The Morgan fingerprint density at radius 2 is 1.77 bits per heavy atom. The molecule has 0 atom stereocenters. The molecule has 7 heteroatoms. The van der Waals surface area contributed by atoms with Gasteiger partial charge in [-0.1, -0.05) is 30.3 Å². The van der Waals surface area contributed by atoms with Crippen molar-refractivity contribution in [2.75, 3.05) is 59.2 Å². The second-order valence-electron chi connectivity index (χ2n) is 8.35. The van der Waals surface area contributed by atoms with Crippen LogP contribution in [0.15, 0.2) is 54.6 Å². The van der Waals surface area contributed by atoms with E-state index in [1.165, 1.54) is 15.5 Å². The van der Waals surface area contributed by atoms with Crippen molar-refractivity contribution < 1.29 is 24.2 Å². The zero-order valence-corrected chi connectivity index (χ0v) is 18.5. The third-order valence-electron chi connectivity index (χ3n) is 5.96. The molecular weight excluding hydrogens is 390 g/mol. The van der Waals surface area contributed by atoms with Crippen LogP contribution in [0.5, 0.6) is 5.75 Å². The van der Waals surface area contributed by atoms with Crippen LogP contribution in [0.25, 0.3) is 10.9 Å². The summed E-state index contributed by atoms with van der Waals surface area (Å²) >= 11 is 0. The first-order valence-electron chi connectivity index (χ1n) is 10.9. The summed E-state index contributed by atoms with van der Waals surface area (Å²) in [6, 6.07) is 18.1. The van der Waals surface area contributed by atoms with Gasteiger partial charge in [-0.15, -0.1) is 0 Å². The Kier molecular flexibility index (Phi) is 6.46. The van der Waals surface area contributed by atoms with E-state index >= 15 is 0 Å². The van der Waals surface area contributed by atoms with Gasteiger partial charge in [0.1, 0.15) is 26.2 Å². The highest BCUT2D eigenvalue weighted by Crippen LogP contribution is 2.23. The average molecular weight is 423 g/mol. The Labute approximate surface area is 183 Å². The molecule has 1 fully saturated rings. The van der Waals surface area contributed by atoms with Gasteiger partial charge >= 0.3 is 0 Å². The molecular formula is C24H32N5O2+3. The maximum absolute atomic E-state index is 12.9. The summed E-state index contributed by atoms with van der Waals surface area (Å²) in [5, 5.41) is 4.12. The predicted octanol–water partition coefficient (Wildman–Crippen LogP) is -0.927. The fourth-order valence-corrected chi connectivity index (χ4v) is 4.24. The number of para-hydroxylation sites is 3. The molecule has 0 bridgehead atoms. The zero-order valence-electron chi connectivity index (χ0n) is 18.5. The SMILES string of the molecule is COc1ccccc1[NH+]1CC[NH+](CC(=O)Nc2cc([NH+](C)C)nc3ccccc23)CC1. The number of carbonyl (C=O) groups excluding carboxylic acids is 1. The molecule has 0 saturated carbocycles. The minimum Gasteiger partial charge on any atom is -0.491 e. The number of hydrogen-bond acceptors (Lipinski definition) is 3. The lowest BCUT2D eigenvalue weighted by molar-refractivity contribution is -0.981. The van der Waals surface area contributed by atoms with Crippen LogP contribution >= 0.6 is 0 Å². The second-order valence-corrected chi connectivity index (χ2v) is 8.35. The Morgan fingerprint density at radius 3 is 2.52 bits per heavy atom. The van der Waals surface area contributed by atoms with Crippen molar-refractivity contribution in [2.24, 2.45) is 0 Å². The molecule has 7 nitrogen and oxygen atoms in total. The number of ether oxygens (including phenoxy) is 1. The van der Waals surface area contributed by atoms with Crippen LogP contribution in [0.3, 0.4) is 0 Å². The maximum Gasteiger partial charge on any atom is 0.279 e. The largest absolute Gasteiger partial charge is 0.491 e. The van der Waals surface area contributed by atoms with E-state index in [9.17, 15) is 4.79 Å². The van der Waals surface area contributed by atoms with Crippen molar-refractivity contribution in [3.63, 3.8) is 0 Å². The summed E-state index contributed by atoms with van der Waals surface area (Å²) in [5.41, 5.74) is 2.94. The molecule has 0 aliphatic carbocycles. The molecule has 2 aromatic carbocycles. The first kappa shape index (κ1) is 21.2. The number of hydrogen-bond donors (Lipinski definition) is 4. The van der Waals surface area contributed by atoms with Gasteiger partial charge in [0, 0.05) is 17.5 Å². The van der Waals surface area contributed by atoms with Crippen LogP contribution in [0.4, 0.5) is 17.2 Å². The molecule has 1 amide bonds. The number of fused-ring (bicyclic) bond motifs is 1. The lowest BCUT2D eigenvalue weighted by Crippen LogP contribution is -3.26. The molecule has 4 N–H and O–H groups in total. The number of quaternary nitrogens is 3. The van der Waals surface area contributed by atoms with E-state index in [-0.39, 0.29) is 5.91 Å². The fraction of sp³-hybridized carbons (Fsp3) is 0.333. The predicted molar refractivity (Wildman–Crippen MR) is 122 cm³/mol. The summed E-state index contributed by atoms with van der Waals surface area (Å²) < 4.78 is 5.52. The molecule has 0 unspecified atom stereocenters. The zero-order chi connectivity index (χ0) is 21.8. The summed E-state index contributed by atoms with van der Waals surface area (Å²) in [5.74, 6) is 1.89. The van der Waals surface area contributed by atoms with Crippen LogP contribution < -0.4 is 24.8 Å². The third kappa shape index (κ3) is 4.85. The van der Waals surface area contributed by atoms with Gasteiger partial charge in [0.25, 0.3) is 5.91 Å². The molecule has 162 valence electrons. The van der Waals surface area contributed by atoms with E-state index in [0.29, 0.717) is 6.54 Å². The number of nitrogens with zero attached hydrogens (tertiary/aromatic N) is 1. The lowest BCUT2D eigenvalue weighted by atomic mass is 10.1. The van der Waals surface area contributed by atoms with E-state index in [1.807, 2.05) is 56.6 Å². The minimum atomic E-state index is 0.0480. The number of pyridine rings is 1. The van der Waals surface area contributed by atoms with Gasteiger partial charge in [0.05, 0.1) is 32.4 Å². The van der Waals surface area contributed by atoms with E-state index in [0.717, 1.165) is 59.2 Å². The topological polar surface area (TPSA) is 64.5 Å². The van der Waals surface area contributed by atoms with Crippen molar-refractivity contribution in [1.29, 1.82) is 0 Å². The summed E-state index contributed by atoms with van der Waals surface area (Å²) in [7, 11) is 5.79. The van der Waals surface area contributed by atoms with Gasteiger partial charge in [-0.3, -0.25) is 14.6 Å². The quantitative estimate of drug-likeness (QED) is 0.415. The number of benzene rings is 2. The third-order valence-corrected chi connectivity index (χ3v) is 5.96. The molecule has 1 aromatic heterocycles. The molecule has 0 radical (unpaired) electrons. The Morgan fingerprint density at radius 1 is 1.06 bits per heavy atom. The van der Waals surface area contributed by atoms with Gasteiger partial charge < -0.3 is 15.0 Å². The van der Waals surface area contributed by atoms with Crippen LogP contribution in [-0.2, 0) is 4.79 Å². The molecule has 1 aliphatic rings. The molecule has 1 saturated heterocycles. The van der Waals surface area contributed by atoms with Gasteiger partial charge in [0.15, 0.2) is 18.0 Å². The average Bonchev–Trinajstić information content (AvgIpc) is 2.79. The van der Waals surface area contributed by atoms with E-state index in [2.05, 4.69) is 17.4 Å². The van der Waals surface area contributed by atoms with Crippen LogP contribution in [-0.4, -0.2) is 64.8 Å². The second kappa shape index (κ2) is 9.43. The Bertz CT molecular complexity index is 1060. The van der Waals surface area contributed by atoms with Crippen LogP contribution in [0.2, 0.25) is 0 Å². The first-order chi connectivity index (χ1) is 15.0. The molecule has 4 rings (SSSR count). The highest BCUT2D eigenvalue weighted by Gasteiger charge is 2.28. The van der Waals surface area contributed by atoms with Gasteiger partial charge in [-0.25, -0.2) is 0 Å².